The molecule has 0 spiro atoms. The summed E-state index contributed by atoms with van der Waals surface area (Å²) in [4.78, 5) is 0. The molecule has 3 heteroatoms. The van der Waals surface area contributed by atoms with Gasteiger partial charge >= 0.3 is 0 Å². The van der Waals surface area contributed by atoms with Gasteiger partial charge in [0, 0.05) is 5.56 Å². The van der Waals surface area contributed by atoms with Crippen LogP contribution in [-0.2, 0) is 0 Å². The lowest BCUT2D eigenvalue weighted by molar-refractivity contribution is 0.129. The fourth-order valence-electron chi connectivity index (χ4n) is 2.56. The average Bonchev–Trinajstić information content (AvgIpc) is 2.23. The third-order valence-electron chi connectivity index (χ3n) is 3.25. The first-order chi connectivity index (χ1) is 8.61. The van der Waals surface area contributed by atoms with Gasteiger partial charge in [0.1, 0.15) is 0 Å². The van der Waals surface area contributed by atoms with Crippen LogP contribution >= 0.6 is 0 Å². The van der Waals surface area contributed by atoms with Crippen LogP contribution in [0.25, 0.3) is 0 Å². The third kappa shape index (κ3) is 4.57. The highest BCUT2D eigenvalue weighted by atomic mass is 19.2. The molecule has 1 aromatic rings. The molecule has 0 radical (unpaired) electrons. The molecule has 0 fully saturated rings. The molecule has 0 aromatic heterocycles. The number of benzene rings is 1. The molecule has 19 heavy (non-hydrogen) atoms. The molecule has 1 rings (SSSR count). The van der Waals surface area contributed by atoms with Gasteiger partial charge < -0.3 is 5.11 Å². The molecule has 0 amide bonds. The summed E-state index contributed by atoms with van der Waals surface area (Å²) in [6.45, 7) is 9.92. The maximum Gasteiger partial charge on any atom is 0.164 e. The topological polar surface area (TPSA) is 20.2 Å². The van der Waals surface area contributed by atoms with Crippen molar-refractivity contribution in [3.8, 4) is 0 Å². The Kier molecular flexibility index (Phi) is 5.08. The summed E-state index contributed by atoms with van der Waals surface area (Å²) in [5, 5.41) is 10.1. The number of rotatable bonds is 4. The molecule has 1 nitrogen and oxygen atoms in total. The first-order valence-electron chi connectivity index (χ1n) is 6.74. The zero-order valence-corrected chi connectivity index (χ0v) is 12.4. The molecular weight excluding hydrogens is 246 g/mol. The van der Waals surface area contributed by atoms with Gasteiger partial charge in [-0.25, -0.2) is 8.78 Å². The van der Waals surface area contributed by atoms with Gasteiger partial charge in [0.05, 0.1) is 6.10 Å². The summed E-state index contributed by atoms with van der Waals surface area (Å²) < 4.78 is 27.2. The number of aliphatic hydroxyl groups excluding tert-OH is 1. The Balaban J connectivity index is 2.79. The number of hydrogen-bond donors (Lipinski definition) is 1. The zero-order chi connectivity index (χ0) is 14.8. The van der Waals surface area contributed by atoms with Crippen LogP contribution in [0, 0.1) is 29.9 Å². The largest absolute Gasteiger partial charge is 0.388 e. The Morgan fingerprint density at radius 2 is 1.74 bits per heavy atom. The van der Waals surface area contributed by atoms with Crippen LogP contribution in [0.5, 0.6) is 0 Å². The van der Waals surface area contributed by atoms with Gasteiger partial charge in [-0.05, 0) is 36.7 Å². The van der Waals surface area contributed by atoms with Crippen LogP contribution in [0.4, 0.5) is 8.78 Å². The minimum atomic E-state index is -0.951. The van der Waals surface area contributed by atoms with Gasteiger partial charge in [-0.3, -0.25) is 0 Å². The van der Waals surface area contributed by atoms with Gasteiger partial charge in [0.25, 0.3) is 0 Å². The van der Waals surface area contributed by atoms with Crippen LogP contribution in [0.3, 0.4) is 0 Å². The Morgan fingerprint density at radius 3 is 2.26 bits per heavy atom. The molecule has 2 atom stereocenters. The monoisotopic (exact) mass is 270 g/mol. The van der Waals surface area contributed by atoms with Gasteiger partial charge in [-0.2, -0.15) is 0 Å². The second-order valence-corrected chi connectivity index (χ2v) is 6.72. The van der Waals surface area contributed by atoms with Crippen molar-refractivity contribution in [2.24, 2.45) is 11.3 Å². The van der Waals surface area contributed by atoms with E-state index in [4.69, 9.17) is 0 Å². The molecule has 1 aromatic carbocycles. The Hall–Kier alpha value is -0.960. The summed E-state index contributed by atoms with van der Waals surface area (Å²) in [5.41, 5.74) is 0.482. The SMILES string of the molecule is Cc1ccc(C(O)CC(C)CC(C)(C)C)c(F)c1F. The van der Waals surface area contributed by atoms with Crippen LogP contribution in [0.2, 0.25) is 0 Å². The molecule has 1 N–H and O–H groups in total. The van der Waals surface area contributed by atoms with E-state index in [0.29, 0.717) is 6.42 Å². The predicted octanol–water partition coefficient (Wildman–Crippen LogP) is 4.77. The fraction of sp³-hybridized carbons (Fsp3) is 0.625. The van der Waals surface area contributed by atoms with E-state index in [9.17, 15) is 13.9 Å². The van der Waals surface area contributed by atoms with E-state index in [1.165, 1.54) is 19.1 Å². The van der Waals surface area contributed by atoms with Crippen molar-refractivity contribution in [2.45, 2.75) is 53.6 Å². The lowest BCUT2D eigenvalue weighted by Gasteiger charge is -2.25. The van der Waals surface area contributed by atoms with E-state index in [2.05, 4.69) is 20.8 Å². The van der Waals surface area contributed by atoms with E-state index >= 15 is 0 Å². The lowest BCUT2D eigenvalue weighted by Crippen LogP contribution is -2.14. The molecule has 0 bridgehead atoms. The normalized spacial score (nSPS) is 15.4. The molecule has 0 heterocycles. The van der Waals surface area contributed by atoms with Gasteiger partial charge in [0.2, 0.25) is 0 Å². The highest BCUT2D eigenvalue weighted by molar-refractivity contribution is 5.27. The van der Waals surface area contributed by atoms with Gasteiger partial charge in [0.15, 0.2) is 11.6 Å². The third-order valence-corrected chi connectivity index (χ3v) is 3.25. The second-order valence-electron chi connectivity index (χ2n) is 6.72. The van der Waals surface area contributed by atoms with E-state index < -0.39 is 17.7 Å². The molecule has 2 unspecified atom stereocenters. The molecule has 0 aliphatic carbocycles. The van der Waals surface area contributed by atoms with Crippen molar-refractivity contribution in [1.29, 1.82) is 0 Å². The van der Waals surface area contributed by atoms with Crippen molar-refractivity contribution >= 4 is 0 Å². The van der Waals surface area contributed by atoms with Crippen molar-refractivity contribution in [1.82, 2.24) is 0 Å². The van der Waals surface area contributed by atoms with Crippen LogP contribution in [0.1, 0.15) is 57.8 Å². The summed E-state index contributed by atoms with van der Waals surface area (Å²) in [5.74, 6) is -1.53. The van der Waals surface area contributed by atoms with Crippen molar-refractivity contribution in [2.75, 3.05) is 0 Å². The first kappa shape index (κ1) is 16.1. The predicted molar refractivity (Wildman–Crippen MR) is 73.9 cm³/mol. The number of halogens is 2. The smallest absolute Gasteiger partial charge is 0.164 e. The summed E-state index contributed by atoms with van der Waals surface area (Å²) in [7, 11) is 0. The van der Waals surface area contributed by atoms with E-state index in [-0.39, 0.29) is 22.5 Å². The van der Waals surface area contributed by atoms with E-state index in [1.54, 1.807) is 0 Å². The van der Waals surface area contributed by atoms with E-state index in [1.807, 2.05) is 6.92 Å². The second kappa shape index (κ2) is 6.00. The average molecular weight is 270 g/mol. The standard InChI is InChI=1S/C16H24F2O/c1-10(9-16(3,4)5)8-13(19)12-7-6-11(2)14(17)15(12)18/h6-7,10,13,19H,8-9H2,1-5H3. The molecule has 0 aliphatic rings. The van der Waals surface area contributed by atoms with Gasteiger partial charge in [-0.1, -0.05) is 39.8 Å². The van der Waals surface area contributed by atoms with Gasteiger partial charge in [-0.15, -0.1) is 0 Å². The molecule has 0 saturated heterocycles. The Morgan fingerprint density at radius 1 is 1.16 bits per heavy atom. The van der Waals surface area contributed by atoms with E-state index in [0.717, 1.165) is 6.42 Å². The minimum absolute atomic E-state index is 0.0591. The Bertz CT molecular complexity index is 435. The van der Waals surface area contributed by atoms with Crippen LogP contribution in [0.15, 0.2) is 12.1 Å². The molecular formula is C16H24F2O. The molecule has 108 valence electrons. The first-order valence-corrected chi connectivity index (χ1v) is 6.74. The maximum absolute atomic E-state index is 13.8. The van der Waals surface area contributed by atoms with Crippen molar-refractivity contribution in [3.05, 3.63) is 34.9 Å². The van der Waals surface area contributed by atoms with Crippen LogP contribution in [-0.4, -0.2) is 5.11 Å². The van der Waals surface area contributed by atoms with Crippen molar-refractivity contribution < 1.29 is 13.9 Å². The lowest BCUT2D eigenvalue weighted by atomic mass is 9.82. The summed E-state index contributed by atoms with van der Waals surface area (Å²) in [6.07, 6.45) is 0.420. The highest BCUT2D eigenvalue weighted by Gasteiger charge is 2.22. The fourth-order valence-corrected chi connectivity index (χ4v) is 2.56. The number of aliphatic hydroxyl groups is 1. The quantitative estimate of drug-likeness (QED) is 0.835. The maximum atomic E-state index is 13.8. The minimum Gasteiger partial charge on any atom is -0.388 e. The van der Waals surface area contributed by atoms with Crippen LogP contribution < -0.4 is 0 Å². The number of aryl methyl sites for hydroxylation is 1. The summed E-state index contributed by atoms with van der Waals surface area (Å²) >= 11 is 0. The highest BCUT2D eigenvalue weighted by Crippen LogP contribution is 2.32. The number of hydrogen-bond acceptors (Lipinski definition) is 1. The summed E-state index contributed by atoms with van der Waals surface area (Å²) in [6, 6.07) is 2.98. The van der Waals surface area contributed by atoms with Crippen molar-refractivity contribution in [3.63, 3.8) is 0 Å². The molecule has 0 aliphatic heterocycles. The molecule has 0 saturated carbocycles. The zero-order valence-electron chi connectivity index (χ0n) is 12.4. The Labute approximate surface area is 114 Å².